The van der Waals surface area contributed by atoms with Gasteiger partial charge in [-0.15, -0.1) is 0 Å². The van der Waals surface area contributed by atoms with Gasteiger partial charge in [0, 0.05) is 0 Å². The molecule has 1 rings (SSSR count). The molecule has 16 heavy (non-hydrogen) atoms. The van der Waals surface area contributed by atoms with Crippen molar-refractivity contribution in [1.29, 1.82) is 0 Å². The summed E-state index contributed by atoms with van der Waals surface area (Å²) in [6.07, 6.45) is 8.78. The molecule has 0 atom stereocenters. The van der Waals surface area contributed by atoms with Crippen LogP contribution in [0.3, 0.4) is 0 Å². The quantitative estimate of drug-likeness (QED) is 0.653. The van der Waals surface area contributed by atoms with Gasteiger partial charge in [-0.1, -0.05) is 13.0 Å². The van der Waals surface area contributed by atoms with E-state index in [2.05, 4.69) is 27.7 Å². The van der Waals surface area contributed by atoms with Crippen LogP contribution in [0.15, 0.2) is 24.5 Å². The molecule has 0 unspecified atom stereocenters. The maximum absolute atomic E-state index is 4.80. The van der Waals surface area contributed by atoms with Crippen LogP contribution in [0.2, 0.25) is 0 Å². The first-order chi connectivity index (χ1) is 7.74. The van der Waals surface area contributed by atoms with Gasteiger partial charge in [0.1, 0.15) is 6.61 Å². The van der Waals surface area contributed by atoms with Gasteiger partial charge in [-0.25, -0.2) is 0 Å². The molecule has 1 aliphatic rings. The minimum Gasteiger partial charge on any atom is -0.497 e. The molecule has 94 valence electrons. The molecule has 0 radical (unpaired) electrons. The van der Waals surface area contributed by atoms with Gasteiger partial charge >= 0.3 is 0 Å². The second kappa shape index (κ2) is 9.46. The van der Waals surface area contributed by atoms with E-state index in [0.29, 0.717) is 0 Å². The van der Waals surface area contributed by atoms with Crippen LogP contribution in [-0.4, -0.2) is 37.3 Å². The fourth-order valence-corrected chi connectivity index (χ4v) is 1.97. The summed E-state index contributed by atoms with van der Waals surface area (Å²) in [4.78, 5) is 0. The van der Waals surface area contributed by atoms with E-state index in [0.717, 1.165) is 6.61 Å². The highest BCUT2D eigenvalue weighted by atomic mass is 16.5. The lowest BCUT2D eigenvalue weighted by molar-refractivity contribution is -0.923. The molecule has 0 fully saturated rings. The Hall–Kier alpha value is -0.760. The highest BCUT2D eigenvalue weighted by Gasteiger charge is 2.17. The maximum atomic E-state index is 4.80. The van der Waals surface area contributed by atoms with Gasteiger partial charge in [0.2, 0.25) is 0 Å². The van der Waals surface area contributed by atoms with Gasteiger partial charge in [-0.2, -0.15) is 0 Å². The Bertz CT molecular complexity index is 185. The normalized spacial score (nSPS) is 14.0. The average molecular weight is 226 g/mol. The third kappa shape index (κ3) is 5.96. The molecule has 0 N–H and O–H groups in total. The number of ether oxygens (including phenoxy) is 1. The maximum Gasteiger partial charge on any atom is 0.106 e. The molecule has 0 aromatic carbocycles. The third-order valence-corrected chi connectivity index (χ3v) is 3.32. The van der Waals surface area contributed by atoms with E-state index in [1.54, 1.807) is 6.26 Å². The summed E-state index contributed by atoms with van der Waals surface area (Å²) in [6.45, 7) is 15.1. The van der Waals surface area contributed by atoms with E-state index in [9.17, 15) is 0 Å². The number of nitrogens with zero attached hydrogens (tertiary/aromatic N) is 1. The summed E-state index contributed by atoms with van der Waals surface area (Å²) in [5, 5.41) is 0. The molecule has 1 heterocycles. The molecule has 0 spiro atoms. The zero-order valence-corrected chi connectivity index (χ0v) is 11.4. The second-order valence-corrected chi connectivity index (χ2v) is 4.10. The summed E-state index contributed by atoms with van der Waals surface area (Å²) in [6, 6.07) is 0. The Balaban J connectivity index is 0.000000315. The monoisotopic (exact) mass is 226 g/mol. The molecule has 2 nitrogen and oxygen atoms in total. The van der Waals surface area contributed by atoms with Gasteiger partial charge in [-0.3, -0.25) is 0 Å². The van der Waals surface area contributed by atoms with E-state index in [4.69, 9.17) is 4.74 Å². The Morgan fingerprint density at radius 2 is 1.62 bits per heavy atom. The molecule has 0 aromatic heterocycles. The van der Waals surface area contributed by atoms with Gasteiger partial charge in [-0.05, 0) is 39.3 Å². The van der Waals surface area contributed by atoms with Crippen molar-refractivity contribution in [2.75, 3.05) is 32.8 Å². The van der Waals surface area contributed by atoms with E-state index in [1.807, 2.05) is 18.2 Å². The zero-order chi connectivity index (χ0) is 12.3. The largest absolute Gasteiger partial charge is 0.497 e. The van der Waals surface area contributed by atoms with Crippen LogP contribution < -0.4 is 0 Å². The lowest BCUT2D eigenvalue weighted by atomic mass is 10.3. The topological polar surface area (TPSA) is 9.23 Å². The molecule has 0 saturated heterocycles. The van der Waals surface area contributed by atoms with Gasteiger partial charge in [0.15, 0.2) is 0 Å². The SMILES string of the molecule is C1=CCOC=C1.CCC[N+](CC)(CC)CC. The number of rotatable bonds is 5. The molecule has 0 aliphatic carbocycles. The van der Waals surface area contributed by atoms with Crippen molar-refractivity contribution < 1.29 is 9.22 Å². The van der Waals surface area contributed by atoms with Crippen molar-refractivity contribution in [1.82, 2.24) is 0 Å². The second-order valence-electron chi connectivity index (χ2n) is 4.10. The number of hydrogen-bond acceptors (Lipinski definition) is 1. The van der Waals surface area contributed by atoms with Crippen molar-refractivity contribution in [2.45, 2.75) is 34.1 Å². The number of quaternary nitrogens is 1. The first-order valence-electron chi connectivity index (χ1n) is 6.53. The molecule has 2 heteroatoms. The van der Waals surface area contributed by atoms with Crippen molar-refractivity contribution in [3.63, 3.8) is 0 Å². The lowest BCUT2D eigenvalue weighted by Gasteiger charge is -2.35. The van der Waals surface area contributed by atoms with Crippen LogP contribution in [0.5, 0.6) is 0 Å². The van der Waals surface area contributed by atoms with Crippen molar-refractivity contribution in [3.05, 3.63) is 24.5 Å². The van der Waals surface area contributed by atoms with Crippen LogP contribution in [-0.2, 0) is 4.74 Å². The highest BCUT2D eigenvalue weighted by Crippen LogP contribution is 2.06. The fraction of sp³-hybridized carbons (Fsp3) is 0.714. The molecular weight excluding hydrogens is 198 g/mol. The smallest absolute Gasteiger partial charge is 0.106 e. The lowest BCUT2D eigenvalue weighted by Crippen LogP contribution is -2.47. The molecular formula is C14H28NO+. The van der Waals surface area contributed by atoms with Crippen LogP contribution in [0.25, 0.3) is 0 Å². The molecule has 0 amide bonds. The summed E-state index contributed by atoms with van der Waals surface area (Å²) in [5.74, 6) is 0. The minimum absolute atomic E-state index is 0.733. The van der Waals surface area contributed by atoms with Crippen molar-refractivity contribution in [2.24, 2.45) is 0 Å². The number of hydrogen-bond donors (Lipinski definition) is 0. The summed E-state index contributed by atoms with van der Waals surface area (Å²) in [5.41, 5.74) is 0. The van der Waals surface area contributed by atoms with Gasteiger partial charge < -0.3 is 9.22 Å². The predicted molar refractivity (Wildman–Crippen MR) is 71.3 cm³/mol. The Morgan fingerprint density at radius 3 is 1.75 bits per heavy atom. The van der Waals surface area contributed by atoms with E-state index in [1.165, 1.54) is 37.1 Å². The first-order valence-corrected chi connectivity index (χ1v) is 6.53. The molecule has 0 bridgehead atoms. The third-order valence-electron chi connectivity index (χ3n) is 3.32. The Labute approximate surface area is 101 Å². The van der Waals surface area contributed by atoms with Crippen LogP contribution in [0, 0.1) is 0 Å². The minimum atomic E-state index is 0.733. The predicted octanol–water partition coefficient (Wildman–Crippen LogP) is 3.36. The van der Waals surface area contributed by atoms with Crippen LogP contribution in [0.4, 0.5) is 0 Å². The number of allylic oxidation sites excluding steroid dienone is 2. The van der Waals surface area contributed by atoms with Gasteiger partial charge in [0.25, 0.3) is 0 Å². The molecule has 0 aromatic rings. The zero-order valence-electron chi connectivity index (χ0n) is 11.4. The Morgan fingerprint density at radius 1 is 1.00 bits per heavy atom. The Kier molecular flexibility index (Phi) is 9.02. The standard InChI is InChI=1S/C9H22N.C5H6O/c1-5-9-10(6-2,7-3)8-4;1-2-4-6-5-3-1/h5-9H2,1-4H3;1-4H,5H2/q+1;. The van der Waals surface area contributed by atoms with E-state index >= 15 is 0 Å². The van der Waals surface area contributed by atoms with Crippen LogP contribution in [0.1, 0.15) is 34.1 Å². The average Bonchev–Trinajstić information content (AvgIpc) is 2.39. The van der Waals surface area contributed by atoms with E-state index in [-0.39, 0.29) is 0 Å². The highest BCUT2D eigenvalue weighted by molar-refractivity contribution is 5.02. The summed E-state index contributed by atoms with van der Waals surface area (Å²) < 4.78 is 6.10. The summed E-state index contributed by atoms with van der Waals surface area (Å²) in [7, 11) is 0. The fourth-order valence-electron chi connectivity index (χ4n) is 1.97. The van der Waals surface area contributed by atoms with Crippen molar-refractivity contribution in [3.8, 4) is 0 Å². The molecule has 0 saturated carbocycles. The van der Waals surface area contributed by atoms with Gasteiger partial charge in [0.05, 0.1) is 32.4 Å². The van der Waals surface area contributed by atoms with Crippen LogP contribution >= 0.6 is 0 Å². The molecule has 1 aliphatic heterocycles. The first kappa shape index (κ1) is 15.2. The van der Waals surface area contributed by atoms with Crippen molar-refractivity contribution >= 4 is 0 Å². The summed E-state index contributed by atoms with van der Waals surface area (Å²) >= 11 is 0. The van der Waals surface area contributed by atoms with E-state index < -0.39 is 0 Å².